The van der Waals surface area contributed by atoms with Crippen molar-refractivity contribution in [2.24, 2.45) is 7.05 Å². The maximum Gasteiger partial charge on any atom is 0.435 e. The van der Waals surface area contributed by atoms with E-state index in [1.54, 1.807) is 18.7 Å². The van der Waals surface area contributed by atoms with E-state index in [-0.39, 0.29) is 13.0 Å². The predicted molar refractivity (Wildman–Crippen MR) is 64.4 cm³/mol. The third-order valence-electron chi connectivity index (χ3n) is 3.02. The highest BCUT2D eigenvalue weighted by molar-refractivity contribution is 5.62. The summed E-state index contributed by atoms with van der Waals surface area (Å²) in [5.74, 6) is 0. The molecule has 0 fully saturated rings. The lowest BCUT2D eigenvalue weighted by molar-refractivity contribution is -0.141. The molecule has 0 amide bonds. The first kappa shape index (κ1) is 14.1. The normalized spacial score (nSPS) is 11.6. The Kier molecular flexibility index (Phi) is 3.53. The van der Waals surface area contributed by atoms with Crippen LogP contribution in [0.25, 0.3) is 11.3 Å². The number of nitrogens with zero attached hydrogens (tertiary/aromatic N) is 5. The minimum Gasteiger partial charge on any atom is -0.272 e. The van der Waals surface area contributed by atoms with Gasteiger partial charge in [0.2, 0.25) is 0 Å². The molecular weight excluding hydrogens is 271 g/mol. The summed E-state index contributed by atoms with van der Waals surface area (Å²) in [6, 6.07) is 2.89. The van der Waals surface area contributed by atoms with Crippen LogP contribution in [0, 0.1) is 18.3 Å². The monoisotopic (exact) mass is 283 g/mol. The van der Waals surface area contributed by atoms with Crippen molar-refractivity contribution in [3.63, 3.8) is 0 Å². The second-order valence-electron chi connectivity index (χ2n) is 4.31. The van der Waals surface area contributed by atoms with E-state index in [0.29, 0.717) is 11.3 Å². The minimum absolute atomic E-state index is 0.0886. The molecule has 0 spiro atoms. The van der Waals surface area contributed by atoms with Gasteiger partial charge in [0.05, 0.1) is 30.9 Å². The van der Waals surface area contributed by atoms with Crippen molar-refractivity contribution < 1.29 is 13.2 Å². The summed E-state index contributed by atoms with van der Waals surface area (Å²) in [6.45, 7) is 1.87. The predicted octanol–water partition coefficient (Wildman–Crippen LogP) is 2.52. The van der Waals surface area contributed by atoms with Gasteiger partial charge in [-0.1, -0.05) is 0 Å². The number of halogens is 3. The molecule has 0 bridgehead atoms. The third-order valence-corrected chi connectivity index (χ3v) is 3.02. The zero-order valence-electron chi connectivity index (χ0n) is 10.9. The van der Waals surface area contributed by atoms with Crippen molar-refractivity contribution in [1.82, 2.24) is 19.6 Å². The molecule has 5 nitrogen and oxygen atoms in total. The number of rotatable bonds is 3. The van der Waals surface area contributed by atoms with Crippen LogP contribution in [0.2, 0.25) is 0 Å². The summed E-state index contributed by atoms with van der Waals surface area (Å²) in [7, 11) is 1.71. The summed E-state index contributed by atoms with van der Waals surface area (Å²) in [5.41, 5.74) is 0.664. The van der Waals surface area contributed by atoms with Crippen LogP contribution in [0.5, 0.6) is 0 Å². The molecule has 2 rings (SSSR count). The summed E-state index contributed by atoms with van der Waals surface area (Å²) in [6.07, 6.45) is -2.93. The lowest BCUT2D eigenvalue weighted by Crippen LogP contribution is -2.08. The van der Waals surface area contributed by atoms with E-state index >= 15 is 0 Å². The Balaban J connectivity index is 2.53. The first-order chi connectivity index (χ1) is 9.34. The maximum absolute atomic E-state index is 12.8. The molecule has 0 aliphatic heterocycles. The van der Waals surface area contributed by atoms with E-state index in [1.807, 2.05) is 6.07 Å². The molecule has 106 valence electrons. The molecular formula is C12H12F3N5. The molecule has 0 radical (unpaired) electrons. The Hall–Kier alpha value is -2.30. The Morgan fingerprint density at radius 3 is 2.60 bits per heavy atom. The molecule has 0 saturated heterocycles. The van der Waals surface area contributed by atoms with Gasteiger partial charge in [-0.3, -0.25) is 9.36 Å². The van der Waals surface area contributed by atoms with Crippen molar-refractivity contribution in [2.75, 3.05) is 0 Å². The van der Waals surface area contributed by atoms with Gasteiger partial charge in [-0.15, -0.1) is 0 Å². The average molecular weight is 283 g/mol. The molecule has 20 heavy (non-hydrogen) atoms. The molecule has 2 heterocycles. The quantitative estimate of drug-likeness (QED) is 0.869. The number of hydrogen-bond donors (Lipinski definition) is 0. The van der Waals surface area contributed by atoms with Crippen molar-refractivity contribution in [2.45, 2.75) is 26.1 Å². The van der Waals surface area contributed by atoms with Gasteiger partial charge in [-0.05, 0) is 13.0 Å². The summed E-state index contributed by atoms with van der Waals surface area (Å²) in [4.78, 5) is 0. The van der Waals surface area contributed by atoms with Crippen LogP contribution < -0.4 is 0 Å². The molecule has 0 N–H and O–H groups in total. The summed E-state index contributed by atoms with van der Waals surface area (Å²) < 4.78 is 41.1. The van der Waals surface area contributed by atoms with Crippen LogP contribution in [-0.4, -0.2) is 19.6 Å². The zero-order chi connectivity index (χ0) is 14.9. The number of aromatic nitrogens is 4. The van der Waals surface area contributed by atoms with Crippen LogP contribution in [0.1, 0.15) is 17.8 Å². The minimum atomic E-state index is -4.51. The van der Waals surface area contributed by atoms with Crippen LogP contribution in [-0.2, 0) is 19.8 Å². The van der Waals surface area contributed by atoms with E-state index in [0.717, 1.165) is 11.8 Å². The largest absolute Gasteiger partial charge is 0.435 e. The van der Waals surface area contributed by atoms with E-state index in [2.05, 4.69) is 10.2 Å². The first-order valence-electron chi connectivity index (χ1n) is 5.85. The lowest BCUT2D eigenvalue weighted by Gasteiger charge is -2.04. The smallest absolute Gasteiger partial charge is 0.272 e. The second-order valence-corrected chi connectivity index (χ2v) is 4.31. The lowest BCUT2D eigenvalue weighted by atomic mass is 10.2. The van der Waals surface area contributed by atoms with Gasteiger partial charge in [0.25, 0.3) is 0 Å². The molecule has 8 heteroatoms. The van der Waals surface area contributed by atoms with E-state index in [9.17, 15) is 13.2 Å². The number of alkyl halides is 3. The number of hydrogen-bond acceptors (Lipinski definition) is 3. The summed E-state index contributed by atoms with van der Waals surface area (Å²) in [5, 5.41) is 16.1. The SMILES string of the molecule is Cc1c(-c2cc(C(F)(F)F)nn2CCC#N)cnn1C. The van der Waals surface area contributed by atoms with Crippen LogP contribution in [0.15, 0.2) is 12.3 Å². The fraction of sp³-hybridized carbons (Fsp3) is 0.417. The maximum atomic E-state index is 12.8. The molecule has 0 saturated carbocycles. The van der Waals surface area contributed by atoms with Gasteiger partial charge >= 0.3 is 6.18 Å². The fourth-order valence-corrected chi connectivity index (χ4v) is 1.85. The molecule has 0 aromatic carbocycles. The summed E-state index contributed by atoms with van der Waals surface area (Å²) >= 11 is 0. The van der Waals surface area contributed by atoms with Crippen LogP contribution >= 0.6 is 0 Å². The topological polar surface area (TPSA) is 59.4 Å². The highest BCUT2D eigenvalue weighted by Crippen LogP contribution is 2.32. The Labute approximate surface area is 113 Å². The Morgan fingerprint density at radius 1 is 1.40 bits per heavy atom. The van der Waals surface area contributed by atoms with E-state index in [1.165, 1.54) is 10.9 Å². The standard InChI is InChI=1S/C12H12F3N5/c1-8-9(7-17-19(8)2)10-6-11(12(13,14)15)18-20(10)5-3-4-16/h6-7H,3,5H2,1-2H3. The Bertz CT molecular complexity index is 660. The second kappa shape index (κ2) is 5.00. The number of aryl methyl sites for hydroxylation is 2. The highest BCUT2D eigenvalue weighted by Gasteiger charge is 2.35. The van der Waals surface area contributed by atoms with Gasteiger partial charge in [0.15, 0.2) is 5.69 Å². The van der Waals surface area contributed by atoms with Gasteiger partial charge in [0, 0.05) is 18.3 Å². The van der Waals surface area contributed by atoms with Crippen LogP contribution in [0.4, 0.5) is 13.2 Å². The van der Waals surface area contributed by atoms with Crippen molar-refractivity contribution >= 4 is 0 Å². The van der Waals surface area contributed by atoms with Crippen molar-refractivity contribution in [1.29, 1.82) is 5.26 Å². The zero-order valence-corrected chi connectivity index (χ0v) is 10.9. The molecule has 0 unspecified atom stereocenters. The van der Waals surface area contributed by atoms with Gasteiger partial charge in [0.1, 0.15) is 0 Å². The molecule has 0 aliphatic carbocycles. The number of nitriles is 1. The molecule has 0 aliphatic rings. The fourth-order valence-electron chi connectivity index (χ4n) is 1.85. The highest BCUT2D eigenvalue weighted by atomic mass is 19.4. The van der Waals surface area contributed by atoms with Crippen molar-refractivity contribution in [3.05, 3.63) is 23.7 Å². The third kappa shape index (κ3) is 2.52. The van der Waals surface area contributed by atoms with Crippen molar-refractivity contribution in [3.8, 4) is 17.3 Å². The molecule has 0 atom stereocenters. The molecule has 2 aromatic rings. The van der Waals surface area contributed by atoms with E-state index < -0.39 is 11.9 Å². The van der Waals surface area contributed by atoms with Crippen LogP contribution in [0.3, 0.4) is 0 Å². The first-order valence-corrected chi connectivity index (χ1v) is 5.85. The van der Waals surface area contributed by atoms with Gasteiger partial charge in [-0.2, -0.15) is 28.6 Å². The van der Waals surface area contributed by atoms with Gasteiger partial charge in [-0.25, -0.2) is 0 Å². The Morgan fingerprint density at radius 2 is 2.10 bits per heavy atom. The van der Waals surface area contributed by atoms with E-state index in [4.69, 9.17) is 5.26 Å². The molecule has 2 aromatic heterocycles. The average Bonchev–Trinajstić information content (AvgIpc) is 2.92. The van der Waals surface area contributed by atoms with Gasteiger partial charge < -0.3 is 0 Å².